The van der Waals surface area contributed by atoms with Gasteiger partial charge in [-0.05, 0) is 43.3 Å². The van der Waals surface area contributed by atoms with Crippen LogP contribution in [-0.4, -0.2) is 43.4 Å². The molecule has 1 heterocycles. The molecule has 1 N–H and O–H groups in total. The number of hydrogen-bond acceptors (Lipinski definition) is 9. The van der Waals surface area contributed by atoms with E-state index < -0.39 is 5.97 Å². The molecule has 0 saturated heterocycles. The lowest BCUT2D eigenvalue weighted by molar-refractivity contribution is -0.136. The Hall–Kier alpha value is -4.34. The number of carboxylic acids is 1. The van der Waals surface area contributed by atoms with Crippen LogP contribution in [0.25, 0.3) is 0 Å². The van der Waals surface area contributed by atoms with Crippen molar-refractivity contribution in [2.45, 2.75) is 13.3 Å². The fourth-order valence-corrected chi connectivity index (χ4v) is 3.09. The second-order valence-electron chi connectivity index (χ2n) is 7.04. The van der Waals surface area contributed by atoms with Crippen LogP contribution in [-0.2, 0) is 4.79 Å². The zero-order chi connectivity index (χ0) is 24.3. The van der Waals surface area contributed by atoms with Crippen molar-refractivity contribution in [3.63, 3.8) is 0 Å². The topological polar surface area (TPSA) is 121 Å². The van der Waals surface area contributed by atoms with Gasteiger partial charge in [-0.2, -0.15) is 10.2 Å². The summed E-state index contributed by atoms with van der Waals surface area (Å²) in [4.78, 5) is 16.8. The Balaban J connectivity index is 1.79. The summed E-state index contributed by atoms with van der Waals surface area (Å²) in [5.41, 5.74) is 3.18. The molecule has 0 aliphatic rings. The van der Waals surface area contributed by atoms with Crippen molar-refractivity contribution in [1.82, 2.24) is 4.98 Å². The molecule has 10 heteroatoms. The highest BCUT2D eigenvalue weighted by Crippen LogP contribution is 2.41. The Bertz CT molecular complexity index is 1150. The largest absolute Gasteiger partial charge is 0.494 e. The van der Waals surface area contributed by atoms with Crippen LogP contribution in [0.2, 0.25) is 0 Å². The number of ether oxygens (including phenoxy) is 2. The molecule has 0 unspecified atom stereocenters. The molecule has 0 radical (unpaired) electrons. The van der Waals surface area contributed by atoms with Gasteiger partial charge in [-0.25, -0.2) is 0 Å². The molecule has 0 bridgehead atoms. The second kappa shape index (κ2) is 12.0. The number of methoxy groups -OCH3 is 2. The molecule has 0 fully saturated rings. The van der Waals surface area contributed by atoms with Crippen LogP contribution >= 0.6 is 0 Å². The third kappa shape index (κ3) is 6.58. The Labute approximate surface area is 197 Å². The van der Waals surface area contributed by atoms with Crippen LogP contribution < -0.4 is 14.4 Å². The van der Waals surface area contributed by atoms with Crippen molar-refractivity contribution in [3.05, 3.63) is 60.9 Å². The zero-order valence-corrected chi connectivity index (χ0v) is 19.3. The highest BCUT2D eigenvalue weighted by Gasteiger charge is 2.12. The number of aromatic nitrogens is 1. The van der Waals surface area contributed by atoms with Gasteiger partial charge in [-0.3, -0.25) is 9.78 Å². The fourth-order valence-electron chi connectivity index (χ4n) is 3.09. The van der Waals surface area contributed by atoms with Crippen LogP contribution in [0, 0.1) is 0 Å². The Morgan fingerprint density at radius 1 is 0.882 bits per heavy atom. The van der Waals surface area contributed by atoms with Crippen molar-refractivity contribution in [1.29, 1.82) is 0 Å². The van der Waals surface area contributed by atoms with Gasteiger partial charge in [-0.15, -0.1) is 10.2 Å². The van der Waals surface area contributed by atoms with Gasteiger partial charge in [0.1, 0.15) is 22.9 Å². The number of benzene rings is 2. The van der Waals surface area contributed by atoms with Crippen LogP contribution in [0.4, 0.5) is 28.4 Å². The normalized spacial score (nSPS) is 11.1. The predicted molar refractivity (Wildman–Crippen MR) is 129 cm³/mol. The molecule has 3 rings (SSSR count). The standard InChI is InChI=1S/C24H26N6O4/c1-4-30(14-11-24(31)32)19-7-5-17(6-8-19)26-28-20-15-23(34-3)21(16-22(20)33-2)29-27-18-9-12-25-13-10-18/h5-10,12-13,15-16H,4,11,14H2,1-3H3,(H,31,32). The lowest BCUT2D eigenvalue weighted by Crippen LogP contribution is -2.25. The molecular formula is C24H26N6O4. The minimum Gasteiger partial charge on any atom is -0.494 e. The molecule has 0 aliphatic heterocycles. The van der Waals surface area contributed by atoms with Gasteiger partial charge in [0.2, 0.25) is 0 Å². The van der Waals surface area contributed by atoms with E-state index in [2.05, 4.69) is 25.4 Å². The van der Waals surface area contributed by atoms with Gasteiger partial charge in [0.25, 0.3) is 0 Å². The molecule has 34 heavy (non-hydrogen) atoms. The van der Waals surface area contributed by atoms with E-state index in [4.69, 9.17) is 14.6 Å². The second-order valence-corrected chi connectivity index (χ2v) is 7.04. The summed E-state index contributed by atoms with van der Waals surface area (Å²) in [5.74, 6) is 0.119. The Morgan fingerprint density at radius 3 is 1.88 bits per heavy atom. The quantitative estimate of drug-likeness (QED) is 0.337. The van der Waals surface area contributed by atoms with Crippen LogP contribution in [0.1, 0.15) is 13.3 Å². The molecule has 0 atom stereocenters. The van der Waals surface area contributed by atoms with E-state index >= 15 is 0 Å². The van der Waals surface area contributed by atoms with Gasteiger partial charge < -0.3 is 19.5 Å². The molecule has 1 aromatic heterocycles. The van der Waals surface area contributed by atoms with Crippen molar-refractivity contribution >= 4 is 34.4 Å². The SMILES string of the molecule is CCN(CCC(=O)O)c1ccc(N=Nc2cc(OC)c(N=Nc3ccncc3)cc2OC)cc1. The van der Waals surface area contributed by atoms with Gasteiger partial charge in [0.05, 0.1) is 32.0 Å². The van der Waals surface area contributed by atoms with E-state index in [0.29, 0.717) is 47.3 Å². The van der Waals surface area contributed by atoms with E-state index in [-0.39, 0.29) is 6.42 Å². The number of rotatable bonds is 11. The first-order chi connectivity index (χ1) is 16.5. The van der Waals surface area contributed by atoms with E-state index in [0.717, 1.165) is 5.69 Å². The molecule has 0 aliphatic carbocycles. The number of anilines is 1. The smallest absolute Gasteiger partial charge is 0.305 e. The van der Waals surface area contributed by atoms with Crippen molar-refractivity contribution < 1.29 is 19.4 Å². The monoisotopic (exact) mass is 462 g/mol. The van der Waals surface area contributed by atoms with Crippen molar-refractivity contribution in [2.75, 3.05) is 32.2 Å². The number of nitrogens with zero attached hydrogens (tertiary/aromatic N) is 6. The first kappa shape index (κ1) is 24.3. The molecule has 2 aromatic carbocycles. The van der Waals surface area contributed by atoms with Crippen LogP contribution in [0.3, 0.4) is 0 Å². The average molecular weight is 463 g/mol. The Kier molecular flexibility index (Phi) is 8.61. The van der Waals surface area contributed by atoms with Gasteiger partial charge >= 0.3 is 5.97 Å². The minimum absolute atomic E-state index is 0.0784. The lowest BCUT2D eigenvalue weighted by Gasteiger charge is -2.22. The summed E-state index contributed by atoms with van der Waals surface area (Å²) < 4.78 is 10.9. The molecule has 10 nitrogen and oxygen atoms in total. The van der Waals surface area contributed by atoms with Gasteiger partial charge in [0, 0.05) is 43.3 Å². The van der Waals surface area contributed by atoms with Crippen molar-refractivity contribution in [2.24, 2.45) is 20.5 Å². The number of carbonyl (C=O) groups is 1. The Morgan fingerprint density at radius 2 is 1.41 bits per heavy atom. The molecule has 176 valence electrons. The summed E-state index contributed by atoms with van der Waals surface area (Å²) in [5, 5.41) is 26.0. The summed E-state index contributed by atoms with van der Waals surface area (Å²) in [6.07, 6.45) is 3.35. The number of aliphatic carboxylic acids is 1. The molecule has 0 amide bonds. The van der Waals surface area contributed by atoms with Crippen LogP contribution in [0.5, 0.6) is 11.5 Å². The summed E-state index contributed by atoms with van der Waals surface area (Å²) >= 11 is 0. The molecule has 0 spiro atoms. The third-order valence-electron chi connectivity index (χ3n) is 4.88. The van der Waals surface area contributed by atoms with Gasteiger partial charge in [-0.1, -0.05) is 0 Å². The van der Waals surface area contributed by atoms with E-state index in [9.17, 15) is 4.79 Å². The number of hydrogen-bond donors (Lipinski definition) is 1. The fraction of sp³-hybridized carbons (Fsp3) is 0.250. The molecule has 3 aromatic rings. The maximum Gasteiger partial charge on any atom is 0.305 e. The first-order valence-electron chi connectivity index (χ1n) is 10.6. The number of pyridine rings is 1. The lowest BCUT2D eigenvalue weighted by atomic mass is 10.2. The third-order valence-corrected chi connectivity index (χ3v) is 4.88. The average Bonchev–Trinajstić information content (AvgIpc) is 2.87. The summed E-state index contributed by atoms with van der Waals surface area (Å²) in [7, 11) is 3.08. The maximum absolute atomic E-state index is 10.9. The van der Waals surface area contributed by atoms with Crippen LogP contribution in [0.15, 0.2) is 81.4 Å². The highest BCUT2D eigenvalue weighted by atomic mass is 16.5. The predicted octanol–water partition coefficient (Wildman–Crippen LogP) is 6.23. The van der Waals surface area contributed by atoms with Crippen molar-refractivity contribution in [3.8, 4) is 11.5 Å². The molecule has 0 saturated carbocycles. The maximum atomic E-state index is 10.9. The minimum atomic E-state index is -0.821. The highest BCUT2D eigenvalue weighted by molar-refractivity contribution is 5.68. The summed E-state index contributed by atoms with van der Waals surface area (Å²) in [6.45, 7) is 3.12. The summed E-state index contributed by atoms with van der Waals surface area (Å²) in [6, 6.07) is 14.3. The first-order valence-corrected chi connectivity index (χ1v) is 10.6. The number of carboxylic acid groups (broad SMARTS) is 1. The molecular weight excluding hydrogens is 436 g/mol. The zero-order valence-electron chi connectivity index (χ0n) is 19.3. The van der Waals surface area contributed by atoms with E-state index in [1.54, 1.807) is 36.7 Å². The van der Waals surface area contributed by atoms with Gasteiger partial charge in [0.15, 0.2) is 0 Å². The number of azo groups is 2. The van der Waals surface area contributed by atoms with E-state index in [1.165, 1.54) is 14.2 Å². The van der Waals surface area contributed by atoms with E-state index in [1.807, 2.05) is 36.1 Å².